The fourth-order valence-corrected chi connectivity index (χ4v) is 4.94. The summed E-state index contributed by atoms with van der Waals surface area (Å²) in [4.78, 5) is 43.8. The molecule has 0 saturated carbocycles. The Balaban J connectivity index is 1.71. The highest BCUT2D eigenvalue weighted by Gasteiger charge is 2.55. The number of hydrogen-bond acceptors (Lipinski definition) is 4. The van der Waals surface area contributed by atoms with Crippen molar-refractivity contribution in [1.29, 1.82) is 0 Å². The van der Waals surface area contributed by atoms with Crippen molar-refractivity contribution >= 4 is 17.8 Å². The van der Waals surface area contributed by atoms with Crippen LogP contribution in [0.5, 0.6) is 0 Å². The Morgan fingerprint density at radius 2 is 1.74 bits per heavy atom. The number of benzene rings is 1. The van der Waals surface area contributed by atoms with E-state index in [-0.39, 0.29) is 17.9 Å². The molecule has 1 N–H and O–H groups in total. The van der Waals surface area contributed by atoms with E-state index >= 15 is 0 Å². The van der Waals surface area contributed by atoms with Gasteiger partial charge >= 0.3 is 6.03 Å². The number of rotatable bonds is 9. The molecule has 194 valence electrons. The molecule has 1 aromatic carbocycles. The van der Waals surface area contributed by atoms with Gasteiger partial charge in [-0.3, -0.25) is 14.5 Å². The fourth-order valence-electron chi connectivity index (χ4n) is 4.94. The number of likely N-dealkylation sites (tertiary alicyclic amines) is 1. The second kappa shape index (κ2) is 11.0. The lowest BCUT2D eigenvalue weighted by atomic mass is 9.73. The third-order valence-electron chi connectivity index (χ3n) is 7.07. The van der Waals surface area contributed by atoms with Gasteiger partial charge in [-0.1, -0.05) is 13.8 Å². The summed E-state index contributed by atoms with van der Waals surface area (Å²) in [6.07, 6.45) is 1.72. The SMILES string of the molecule is CC(C)CCC1(C2CCN(C(=O)Cc3c(F)cc(F)cc3F)CC2)NC(=O)N(CCN(C)C)C1=O. The van der Waals surface area contributed by atoms with Gasteiger partial charge in [0, 0.05) is 43.9 Å². The van der Waals surface area contributed by atoms with Crippen molar-refractivity contribution in [3.63, 3.8) is 0 Å². The lowest BCUT2D eigenvalue weighted by Crippen LogP contribution is -2.57. The first kappa shape index (κ1) is 27.0. The van der Waals surface area contributed by atoms with Crippen molar-refractivity contribution in [2.45, 2.75) is 51.5 Å². The second-order valence-corrected chi connectivity index (χ2v) is 10.3. The molecule has 1 atom stereocenters. The van der Waals surface area contributed by atoms with E-state index in [1.807, 2.05) is 19.0 Å². The van der Waals surface area contributed by atoms with Gasteiger partial charge in [-0.15, -0.1) is 0 Å². The number of likely N-dealkylation sites (N-methyl/N-ethyl adjacent to an activating group) is 1. The summed E-state index contributed by atoms with van der Waals surface area (Å²) in [6, 6.07) is 0.737. The Morgan fingerprint density at radius 1 is 1.14 bits per heavy atom. The summed E-state index contributed by atoms with van der Waals surface area (Å²) in [5.74, 6) is -3.71. The number of halogens is 3. The summed E-state index contributed by atoms with van der Waals surface area (Å²) in [5.41, 5.74) is -1.47. The summed E-state index contributed by atoms with van der Waals surface area (Å²) >= 11 is 0. The molecule has 2 heterocycles. The van der Waals surface area contributed by atoms with Gasteiger partial charge in [-0.05, 0) is 51.6 Å². The fraction of sp³-hybridized carbons (Fsp3) is 0.640. The van der Waals surface area contributed by atoms with Gasteiger partial charge in [-0.25, -0.2) is 18.0 Å². The number of nitrogens with one attached hydrogen (secondary N) is 1. The summed E-state index contributed by atoms with van der Waals surface area (Å²) in [5, 5.41) is 3.00. The first-order chi connectivity index (χ1) is 16.4. The van der Waals surface area contributed by atoms with Crippen LogP contribution in [0.3, 0.4) is 0 Å². The minimum Gasteiger partial charge on any atom is -0.342 e. The maximum absolute atomic E-state index is 14.0. The van der Waals surface area contributed by atoms with E-state index in [1.54, 1.807) is 0 Å². The summed E-state index contributed by atoms with van der Waals surface area (Å²) in [6.45, 7) is 5.59. The Labute approximate surface area is 204 Å². The molecule has 7 nitrogen and oxygen atoms in total. The molecule has 1 aromatic rings. The van der Waals surface area contributed by atoms with Crippen LogP contribution in [-0.4, -0.2) is 78.4 Å². The number of nitrogens with zero attached hydrogens (tertiary/aromatic N) is 3. The van der Waals surface area contributed by atoms with Gasteiger partial charge < -0.3 is 15.1 Å². The van der Waals surface area contributed by atoms with E-state index in [0.717, 1.165) is 6.42 Å². The smallest absolute Gasteiger partial charge is 0.325 e. The highest BCUT2D eigenvalue weighted by Crippen LogP contribution is 2.38. The number of piperidine rings is 1. The number of imide groups is 1. The summed E-state index contributed by atoms with van der Waals surface area (Å²) < 4.78 is 41.2. The van der Waals surface area contributed by atoms with Crippen LogP contribution in [-0.2, 0) is 16.0 Å². The number of hydrogen-bond donors (Lipinski definition) is 1. The predicted molar refractivity (Wildman–Crippen MR) is 125 cm³/mol. The van der Waals surface area contributed by atoms with Crippen molar-refractivity contribution in [3.8, 4) is 0 Å². The van der Waals surface area contributed by atoms with Crippen LogP contribution < -0.4 is 5.32 Å². The molecule has 2 fully saturated rings. The molecular weight excluding hydrogens is 461 g/mol. The quantitative estimate of drug-likeness (QED) is 0.533. The van der Waals surface area contributed by atoms with E-state index in [9.17, 15) is 27.6 Å². The van der Waals surface area contributed by atoms with Crippen LogP contribution in [0, 0.1) is 29.3 Å². The third kappa shape index (κ3) is 5.97. The van der Waals surface area contributed by atoms with Gasteiger partial charge in [0.25, 0.3) is 5.91 Å². The molecule has 1 unspecified atom stereocenters. The lowest BCUT2D eigenvalue weighted by molar-refractivity contribution is -0.136. The molecule has 0 spiro atoms. The normalized spacial score (nSPS) is 21.4. The van der Waals surface area contributed by atoms with Crippen LogP contribution in [0.15, 0.2) is 12.1 Å². The molecule has 2 aliphatic heterocycles. The Bertz CT molecular complexity index is 940. The lowest BCUT2D eigenvalue weighted by Gasteiger charge is -2.41. The Morgan fingerprint density at radius 3 is 2.29 bits per heavy atom. The van der Waals surface area contributed by atoms with Crippen LogP contribution in [0.1, 0.15) is 45.1 Å². The van der Waals surface area contributed by atoms with E-state index in [1.165, 1.54) is 9.80 Å². The first-order valence-corrected chi connectivity index (χ1v) is 12.1. The maximum atomic E-state index is 14.0. The topological polar surface area (TPSA) is 73.0 Å². The van der Waals surface area contributed by atoms with Crippen LogP contribution in [0.4, 0.5) is 18.0 Å². The van der Waals surface area contributed by atoms with E-state index in [0.29, 0.717) is 63.5 Å². The summed E-state index contributed by atoms with van der Waals surface area (Å²) in [7, 11) is 3.75. The molecular formula is C25H35F3N4O3. The maximum Gasteiger partial charge on any atom is 0.325 e. The molecule has 0 aromatic heterocycles. The zero-order valence-corrected chi connectivity index (χ0v) is 20.9. The standard InChI is InChI=1S/C25H35F3N4O3/c1-16(2)5-8-25(23(34)32(24(35)29-25)12-11-30(3)4)17-6-9-31(10-7-17)22(33)15-19-20(27)13-18(26)14-21(19)28/h13-14,16-17H,5-12,15H2,1-4H3,(H,29,35). The number of carbonyl (C=O) groups is 3. The van der Waals surface area contributed by atoms with Crippen LogP contribution in [0.25, 0.3) is 0 Å². The van der Waals surface area contributed by atoms with Crippen molar-refractivity contribution in [3.05, 3.63) is 35.1 Å². The highest BCUT2D eigenvalue weighted by molar-refractivity contribution is 6.07. The monoisotopic (exact) mass is 496 g/mol. The molecule has 2 saturated heterocycles. The van der Waals surface area contributed by atoms with Crippen LogP contribution in [0.2, 0.25) is 0 Å². The van der Waals surface area contributed by atoms with Gasteiger partial charge in [0.2, 0.25) is 5.91 Å². The molecule has 0 aliphatic carbocycles. The van der Waals surface area contributed by atoms with Crippen LogP contribution >= 0.6 is 0 Å². The van der Waals surface area contributed by atoms with Crippen molar-refractivity contribution in [2.75, 3.05) is 40.3 Å². The average Bonchev–Trinajstić information content (AvgIpc) is 3.03. The number of amides is 4. The third-order valence-corrected chi connectivity index (χ3v) is 7.07. The first-order valence-electron chi connectivity index (χ1n) is 12.1. The zero-order valence-electron chi connectivity index (χ0n) is 20.9. The Kier molecular flexibility index (Phi) is 8.46. The minimum absolute atomic E-state index is 0.162. The molecule has 3 rings (SSSR count). The molecule has 0 radical (unpaired) electrons. The molecule has 35 heavy (non-hydrogen) atoms. The van der Waals surface area contributed by atoms with Crippen molar-refractivity contribution in [1.82, 2.24) is 20.0 Å². The largest absolute Gasteiger partial charge is 0.342 e. The number of urea groups is 1. The van der Waals surface area contributed by atoms with Crippen molar-refractivity contribution in [2.24, 2.45) is 11.8 Å². The van der Waals surface area contributed by atoms with Gasteiger partial charge in [0.1, 0.15) is 23.0 Å². The highest BCUT2D eigenvalue weighted by atomic mass is 19.1. The molecule has 2 aliphatic rings. The Hall–Kier alpha value is -2.62. The van der Waals surface area contributed by atoms with Gasteiger partial charge in [-0.2, -0.15) is 0 Å². The molecule has 4 amide bonds. The molecule has 0 bridgehead atoms. The minimum atomic E-state index is -1.09. The average molecular weight is 497 g/mol. The number of carbonyl (C=O) groups excluding carboxylic acids is 3. The zero-order chi connectivity index (χ0) is 25.9. The predicted octanol–water partition coefficient (Wildman–Crippen LogP) is 3.17. The molecule has 10 heteroatoms. The van der Waals surface area contributed by atoms with Gasteiger partial charge in [0.15, 0.2) is 0 Å². The van der Waals surface area contributed by atoms with E-state index in [4.69, 9.17) is 0 Å². The van der Waals surface area contributed by atoms with E-state index < -0.39 is 40.9 Å². The van der Waals surface area contributed by atoms with Crippen molar-refractivity contribution < 1.29 is 27.6 Å². The van der Waals surface area contributed by atoms with E-state index in [2.05, 4.69) is 19.2 Å². The second-order valence-electron chi connectivity index (χ2n) is 10.3. The van der Waals surface area contributed by atoms with Gasteiger partial charge in [0.05, 0.1) is 6.42 Å².